The predicted octanol–water partition coefficient (Wildman–Crippen LogP) is -0.122. The number of imide groups is 1. The predicted molar refractivity (Wildman–Crippen MR) is 52.9 cm³/mol. The smallest absolute Gasteiger partial charge is 0.309 e. The first-order chi connectivity index (χ1) is 6.35. The summed E-state index contributed by atoms with van der Waals surface area (Å²) in [6, 6.07) is -0.290. The summed E-state index contributed by atoms with van der Waals surface area (Å²) in [6.07, 6.45) is 0. The summed E-state index contributed by atoms with van der Waals surface area (Å²) >= 11 is 0. The number of likely N-dealkylation sites (N-methyl/N-ethyl adjacent to an activating group) is 1. The molecule has 0 unspecified atom stereocenters. The molecule has 80 valence electrons. The summed E-state index contributed by atoms with van der Waals surface area (Å²) in [5.74, 6) is -0.221. The number of nitrogens with zero attached hydrogens (tertiary/aromatic N) is 2. The van der Waals surface area contributed by atoms with Crippen LogP contribution in [0.4, 0.5) is 4.79 Å². The Kier molecular flexibility index (Phi) is 2.80. The second-order valence-electron chi connectivity index (χ2n) is 4.27. The van der Waals surface area contributed by atoms with Crippen LogP contribution < -0.4 is 5.32 Å². The number of rotatable bonds is 3. The lowest BCUT2D eigenvalue weighted by Gasteiger charge is -2.28. The summed E-state index contributed by atoms with van der Waals surface area (Å²) in [4.78, 5) is 26.3. The highest BCUT2D eigenvalue weighted by molar-refractivity contribution is 6.06. The van der Waals surface area contributed by atoms with Crippen molar-refractivity contribution in [1.82, 2.24) is 15.1 Å². The first-order valence-corrected chi connectivity index (χ1v) is 4.63. The molecule has 0 atom stereocenters. The van der Waals surface area contributed by atoms with E-state index in [1.807, 2.05) is 19.0 Å². The molecule has 5 heteroatoms. The zero-order chi connectivity index (χ0) is 10.9. The Labute approximate surface area is 84.0 Å². The van der Waals surface area contributed by atoms with Crippen LogP contribution in [0.3, 0.4) is 0 Å². The average molecular weight is 199 g/mol. The van der Waals surface area contributed by atoms with Crippen molar-refractivity contribution in [2.45, 2.75) is 19.4 Å². The summed E-state index contributed by atoms with van der Waals surface area (Å²) in [7, 11) is 3.87. The Bertz CT molecular complexity index is 261. The second-order valence-corrected chi connectivity index (χ2v) is 4.27. The Morgan fingerprint density at radius 2 is 1.93 bits per heavy atom. The number of carbonyl (C=O) groups is 2. The molecule has 1 N–H and O–H groups in total. The number of carbonyl (C=O) groups excluding carboxylic acids is 2. The van der Waals surface area contributed by atoms with Crippen molar-refractivity contribution >= 4 is 11.9 Å². The van der Waals surface area contributed by atoms with Crippen molar-refractivity contribution in [2.24, 2.45) is 0 Å². The van der Waals surface area contributed by atoms with Crippen LogP contribution in [0.5, 0.6) is 0 Å². The van der Waals surface area contributed by atoms with Gasteiger partial charge in [-0.05, 0) is 27.9 Å². The molecule has 0 aliphatic carbocycles. The highest BCUT2D eigenvalue weighted by Gasteiger charge is 2.44. The molecule has 1 aliphatic rings. The summed E-state index contributed by atoms with van der Waals surface area (Å²) < 4.78 is 0. The summed E-state index contributed by atoms with van der Waals surface area (Å²) in [5, 5.41) is 2.31. The van der Waals surface area contributed by atoms with Crippen LogP contribution in [0.2, 0.25) is 0 Å². The van der Waals surface area contributed by atoms with E-state index in [-0.39, 0.29) is 11.9 Å². The lowest BCUT2D eigenvalue weighted by molar-refractivity contribution is -0.125. The minimum atomic E-state index is -0.715. The van der Waals surface area contributed by atoms with E-state index in [4.69, 9.17) is 0 Å². The lowest BCUT2D eigenvalue weighted by Crippen LogP contribution is -2.46. The number of hydrogen-bond donors (Lipinski definition) is 1. The van der Waals surface area contributed by atoms with E-state index < -0.39 is 5.54 Å². The minimum absolute atomic E-state index is 0.221. The van der Waals surface area contributed by atoms with Gasteiger partial charge < -0.3 is 9.80 Å². The van der Waals surface area contributed by atoms with Crippen LogP contribution in [-0.2, 0) is 4.79 Å². The van der Waals surface area contributed by atoms with E-state index >= 15 is 0 Å². The molecule has 1 fully saturated rings. The van der Waals surface area contributed by atoms with Gasteiger partial charge in [-0.2, -0.15) is 0 Å². The third kappa shape index (κ3) is 1.87. The standard InChI is InChI=1S/C9H17N3O2/c1-9(2)7(13)10-8(14)12(9)6-5-11(3)4/h5-6H2,1-4H3,(H,10,13,14). The van der Waals surface area contributed by atoms with Gasteiger partial charge in [0.1, 0.15) is 5.54 Å². The van der Waals surface area contributed by atoms with E-state index in [0.717, 1.165) is 6.54 Å². The van der Waals surface area contributed by atoms with Crippen molar-refractivity contribution in [3.63, 3.8) is 0 Å². The molecule has 14 heavy (non-hydrogen) atoms. The fraction of sp³-hybridized carbons (Fsp3) is 0.778. The number of urea groups is 1. The van der Waals surface area contributed by atoms with Crippen molar-refractivity contribution in [1.29, 1.82) is 0 Å². The second kappa shape index (κ2) is 3.57. The van der Waals surface area contributed by atoms with E-state index in [1.54, 1.807) is 18.7 Å². The van der Waals surface area contributed by atoms with Gasteiger partial charge in [-0.25, -0.2) is 4.79 Å². The van der Waals surface area contributed by atoms with Crippen molar-refractivity contribution in [3.8, 4) is 0 Å². The number of amides is 3. The molecular weight excluding hydrogens is 182 g/mol. The maximum atomic E-state index is 11.4. The molecule has 1 saturated heterocycles. The van der Waals surface area contributed by atoms with Crippen LogP contribution in [0.25, 0.3) is 0 Å². The van der Waals surface area contributed by atoms with Gasteiger partial charge in [0.15, 0.2) is 0 Å². The van der Waals surface area contributed by atoms with Crippen molar-refractivity contribution in [2.75, 3.05) is 27.2 Å². The Morgan fingerprint density at radius 3 is 2.29 bits per heavy atom. The highest BCUT2D eigenvalue weighted by Crippen LogP contribution is 2.19. The molecule has 0 aromatic carbocycles. The van der Waals surface area contributed by atoms with Crippen LogP contribution in [0, 0.1) is 0 Å². The summed E-state index contributed by atoms with van der Waals surface area (Å²) in [5.41, 5.74) is -0.715. The molecule has 5 nitrogen and oxygen atoms in total. The maximum Gasteiger partial charge on any atom is 0.325 e. The van der Waals surface area contributed by atoms with Crippen LogP contribution >= 0.6 is 0 Å². The molecule has 0 aromatic rings. The fourth-order valence-electron chi connectivity index (χ4n) is 1.38. The van der Waals surface area contributed by atoms with Gasteiger partial charge in [0, 0.05) is 13.1 Å². The fourth-order valence-corrected chi connectivity index (χ4v) is 1.38. The molecule has 1 aliphatic heterocycles. The van der Waals surface area contributed by atoms with Gasteiger partial charge in [0.2, 0.25) is 0 Å². The zero-order valence-electron chi connectivity index (χ0n) is 9.13. The topological polar surface area (TPSA) is 52.6 Å². The average Bonchev–Trinajstić information content (AvgIpc) is 2.20. The normalized spacial score (nSPS) is 20.5. The highest BCUT2D eigenvalue weighted by atomic mass is 16.2. The van der Waals surface area contributed by atoms with E-state index in [9.17, 15) is 9.59 Å². The third-order valence-corrected chi connectivity index (χ3v) is 2.47. The maximum absolute atomic E-state index is 11.4. The third-order valence-electron chi connectivity index (χ3n) is 2.47. The van der Waals surface area contributed by atoms with Gasteiger partial charge in [-0.15, -0.1) is 0 Å². The Balaban J connectivity index is 2.67. The van der Waals surface area contributed by atoms with Crippen LogP contribution in [-0.4, -0.2) is 54.5 Å². The van der Waals surface area contributed by atoms with Crippen LogP contribution in [0.15, 0.2) is 0 Å². The molecule has 1 rings (SSSR count). The number of nitrogens with one attached hydrogen (secondary N) is 1. The van der Waals surface area contributed by atoms with Crippen molar-refractivity contribution in [3.05, 3.63) is 0 Å². The molecule has 0 saturated carbocycles. The number of hydrogen-bond acceptors (Lipinski definition) is 3. The van der Waals surface area contributed by atoms with Gasteiger partial charge in [0.25, 0.3) is 5.91 Å². The first-order valence-electron chi connectivity index (χ1n) is 4.63. The minimum Gasteiger partial charge on any atom is -0.309 e. The zero-order valence-corrected chi connectivity index (χ0v) is 9.13. The largest absolute Gasteiger partial charge is 0.325 e. The van der Waals surface area contributed by atoms with Crippen molar-refractivity contribution < 1.29 is 9.59 Å². The SMILES string of the molecule is CN(C)CCN1C(=O)NC(=O)C1(C)C. The van der Waals surface area contributed by atoms with Gasteiger partial charge in [-0.1, -0.05) is 0 Å². The Morgan fingerprint density at radius 1 is 1.36 bits per heavy atom. The molecule has 0 aromatic heterocycles. The van der Waals surface area contributed by atoms with Gasteiger partial charge >= 0.3 is 6.03 Å². The van der Waals surface area contributed by atoms with Crippen LogP contribution in [0.1, 0.15) is 13.8 Å². The molecule has 3 amide bonds. The molecule has 0 spiro atoms. The molecule has 0 bridgehead atoms. The first kappa shape index (κ1) is 11.0. The van der Waals surface area contributed by atoms with E-state index in [0.29, 0.717) is 6.54 Å². The van der Waals surface area contributed by atoms with Gasteiger partial charge in [0.05, 0.1) is 0 Å². The van der Waals surface area contributed by atoms with E-state index in [2.05, 4.69) is 5.32 Å². The Hall–Kier alpha value is -1.10. The molecular formula is C9H17N3O2. The van der Waals surface area contributed by atoms with E-state index in [1.165, 1.54) is 0 Å². The van der Waals surface area contributed by atoms with Gasteiger partial charge in [-0.3, -0.25) is 10.1 Å². The lowest BCUT2D eigenvalue weighted by atomic mass is 10.0. The summed E-state index contributed by atoms with van der Waals surface area (Å²) in [6.45, 7) is 4.83. The quantitative estimate of drug-likeness (QED) is 0.645. The molecule has 1 heterocycles. The molecule has 0 radical (unpaired) electrons. The monoisotopic (exact) mass is 199 g/mol.